The van der Waals surface area contributed by atoms with Crippen LogP contribution in [0.5, 0.6) is 0 Å². The molecule has 0 aromatic heterocycles. The van der Waals surface area contributed by atoms with Crippen LogP contribution in [0.25, 0.3) is 0 Å². The zero-order valence-electron chi connectivity index (χ0n) is 8.64. The normalized spacial score (nSPS) is 16.8. The number of hydrogen-bond acceptors (Lipinski definition) is 4. The zero-order chi connectivity index (χ0) is 10.7. The number of nitrogens with two attached hydrogens (primary N) is 1. The van der Waals surface area contributed by atoms with Gasteiger partial charge in [-0.25, -0.2) is 4.99 Å². The first kappa shape index (κ1) is 11.0. The summed E-state index contributed by atoms with van der Waals surface area (Å²) >= 11 is 3.65. The van der Waals surface area contributed by atoms with E-state index in [1.807, 2.05) is 17.8 Å². The van der Waals surface area contributed by atoms with E-state index in [-0.39, 0.29) is 0 Å². The Morgan fingerprint density at radius 3 is 3.13 bits per heavy atom. The maximum atomic E-state index is 5.60. The summed E-state index contributed by atoms with van der Waals surface area (Å²) in [5, 5.41) is 1.64. The van der Waals surface area contributed by atoms with Gasteiger partial charge in [-0.05, 0) is 12.1 Å². The molecule has 0 spiro atoms. The largest absolute Gasteiger partial charge is 0.329 e. The molecule has 15 heavy (non-hydrogen) atoms. The Labute approximate surface area is 98.7 Å². The smallest absolute Gasteiger partial charge is 0.0845 e. The van der Waals surface area contributed by atoms with Crippen LogP contribution in [0, 0.1) is 0 Å². The van der Waals surface area contributed by atoms with Gasteiger partial charge in [-0.1, -0.05) is 19.1 Å². The third kappa shape index (κ3) is 2.77. The minimum atomic E-state index is 0.453. The number of hydrogen-bond donors (Lipinski definition) is 1. The predicted molar refractivity (Wildman–Crippen MR) is 70.4 cm³/mol. The minimum absolute atomic E-state index is 0.453. The topological polar surface area (TPSA) is 38.4 Å². The van der Waals surface area contributed by atoms with Crippen molar-refractivity contribution in [1.29, 1.82) is 0 Å². The molecule has 2 nitrogen and oxygen atoms in total. The molecule has 1 aromatic rings. The van der Waals surface area contributed by atoms with E-state index in [0.29, 0.717) is 11.8 Å². The molecule has 0 bridgehead atoms. The van der Waals surface area contributed by atoms with Crippen molar-refractivity contribution >= 4 is 34.3 Å². The van der Waals surface area contributed by atoms with Crippen LogP contribution >= 0.6 is 23.5 Å². The molecule has 0 saturated heterocycles. The molecule has 0 radical (unpaired) electrons. The molecule has 1 unspecified atom stereocenters. The van der Waals surface area contributed by atoms with E-state index in [9.17, 15) is 0 Å². The number of fused-ring (bicyclic) bond motifs is 1. The Kier molecular flexibility index (Phi) is 3.72. The Morgan fingerprint density at radius 1 is 1.53 bits per heavy atom. The number of aliphatic imine (C=N–C) groups is 1. The van der Waals surface area contributed by atoms with Crippen molar-refractivity contribution in [2.75, 3.05) is 12.3 Å². The molecule has 1 aromatic carbocycles. The number of nitrogens with zero attached hydrogens (tertiary/aromatic N) is 1. The first-order valence-electron chi connectivity index (χ1n) is 4.95. The molecule has 2 rings (SSSR count). The van der Waals surface area contributed by atoms with Crippen LogP contribution in [0.3, 0.4) is 0 Å². The van der Waals surface area contributed by atoms with Gasteiger partial charge in [0, 0.05) is 22.4 Å². The van der Waals surface area contributed by atoms with Crippen LogP contribution in [-0.2, 0) is 0 Å². The maximum absolute atomic E-state index is 5.60. The summed E-state index contributed by atoms with van der Waals surface area (Å²) in [4.78, 5) is 5.92. The number of benzene rings is 1. The molecule has 1 atom stereocenters. The van der Waals surface area contributed by atoms with E-state index < -0.39 is 0 Å². The van der Waals surface area contributed by atoms with E-state index >= 15 is 0 Å². The Bertz CT molecular complexity index is 377. The lowest BCUT2D eigenvalue weighted by atomic mass is 10.3. The lowest BCUT2D eigenvalue weighted by Gasteiger charge is -2.16. The first-order chi connectivity index (χ1) is 7.29. The molecule has 0 saturated carbocycles. The van der Waals surface area contributed by atoms with E-state index in [1.54, 1.807) is 11.8 Å². The molecule has 80 valence electrons. The SMILES string of the molecule is CC(CN)SC1=Nc2ccccc2SC1. The van der Waals surface area contributed by atoms with Gasteiger partial charge in [0.25, 0.3) is 0 Å². The van der Waals surface area contributed by atoms with Crippen LogP contribution in [0.1, 0.15) is 6.92 Å². The van der Waals surface area contributed by atoms with E-state index in [1.165, 1.54) is 9.94 Å². The summed E-state index contributed by atoms with van der Waals surface area (Å²) in [6, 6.07) is 8.28. The molecule has 0 fully saturated rings. The lowest BCUT2D eigenvalue weighted by molar-refractivity contribution is 0.957. The van der Waals surface area contributed by atoms with E-state index in [0.717, 1.165) is 11.4 Å². The fourth-order valence-corrected chi connectivity index (χ4v) is 3.26. The molecular formula is C11H14N2S2. The average molecular weight is 238 g/mol. The summed E-state index contributed by atoms with van der Waals surface area (Å²) in [6.45, 7) is 2.84. The highest BCUT2D eigenvalue weighted by molar-refractivity contribution is 8.16. The van der Waals surface area contributed by atoms with Crippen LogP contribution in [0.4, 0.5) is 5.69 Å². The third-order valence-corrected chi connectivity index (χ3v) is 4.49. The Balaban J connectivity index is 2.15. The summed E-state index contributed by atoms with van der Waals surface area (Å²) in [5.41, 5.74) is 6.70. The monoisotopic (exact) mass is 238 g/mol. The van der Waals surface area contributed by atoms with Gasteiger partial charge in [0.15, 0.2) is 0 Å². The van der Waals surface area contributed by atoms with Crippen molar-refractivity contribution in [2.45, 2.75) is 17.1 Å². The Morgan fingerprint density at radius 2 is 2.33 bits per heavy atom. The van der Waals surface area contributed by atoms with Crippen molar-refractivity contribution in [3.05, 3.63) is 24.3 Å². The van der Waals surface area contributed by atoms with Gasteiger partial charge in [0.05, 0.1) is 10.7 Å². The molecule has 1 aliphatic heterocycles. The number of rotatable bonds is 2. The van der Waals surface area contributed by atoms with Crippen LogP contribution < -0.4 is 5.73 Å². The van der Waals surface area contributed by atoms with E-state index in [4.69, 9.17) is 5.73 Å². The summed E-state index contributed by atoms with van der Waals surface area (Å²) in [5.74, 6) is 0.978. The second kappa shape index (κ2) is 5.05. The van der Waals surface area contributed by atoms with Gasteiger partial charge in [-0.3, -0.25) is 0 Å². The fourth-order valence-electron chi connectivity index (χ4n) is 1.32. The van der Waals surface area contributed by atoms with Crippen LogP contribution in [0.15, 0.2) is 34.2 Å². The summed E-state index contributed by atoms with van der Waals surface area (Å²) in [7, 11) is 0. The van der Waals surface area contributed by atoms with Crippen molar-refractivity contribution in [2.24, 2.45) is 10.7 Å². The molecule has 4 heteroatoms. The van der Waals surface area contributed by atoms with Gasteiger partial charge in [0.2, 0.25) is 0 Å². The number of para-hydroxylation sites is 1. The highest BCUT2D eigenvalue weighted by Crippen LogP contribution is 2.36. The van der Waals surface area contributed by atoms with Gasteiger partial charge >= 0.3 is 0 Å². The molecule has 0 aliphatic carbocycles. The minimum Gasteiger partial charge on any atom is -0.329 e. The highest BCUT2D eigenvalue weighted by atomic mass is 32.2. The van der Waals surface area contributed by atoms with Gasteiger partial charge in [-0.15, -0.1) is 23.5 Å². The molecular weight excluding hydrogens is 224 g/mol. The van der Waals surface area contributed by atoms with Crippen LogP contribution in [0.2, 0.25) is 0 Å². The summed E-state index contributed by atoms with van der Waals surface area (Å²) < 4.78 is 0. The quantitative estimate of drug-likeness (QED) is 0.861. The second-order valence-corrected chi connectivity index (χ2v) is 5.95. The van der Waals surface area contributed by atoms with Crippen molar-refractivity contribution in [1.82, 2.24) is 0 Å². The zero-order valence-corrected chi connectivity index (χ0v) is 10.3. The van der Waals surface area contributed by atoms with Gasteiger partial charge in [-0.2, -0.15) is 0 Å². The summed E-state index contributed by atoms with van der Waals surface area (Å²) in [6.07, 6.45) is 0. The van der Waals surface area contributed by atoms with Crippen molar-refractivity contribution < 1.29 is 0 Å². The van der Waals surface area contributed by atoms with Crippen molar-refractivity contribution in [3.63, 3.8) is 0 Å². The average Bonchev–Trinajstić information content (AvgIpc) is 2.29. The van der Waals surface area contributed by atoms with Gasteiger partial charge in [0.1, 0.15) is 0 Å². The molecule has 1 aliphatic rings. The predicted octanol–water partition coefficient (Wildman–Crippen LogP) is 2.90. The third-order valence-electron chi connectivity index (χ3n) is 2.13. The van der Waals surface area contributed by atoms with Gasteiger partial charge < -0.3 is 5.73 Å². The van der Waals surface area contributed by atoms with Crippen molar-refractivity contribution in [3.8, 4) is 0 Å². The van der Waals surface area contributed by atoms with Crippen LogP contribution in [-0.4, -0.2) is 22.6 Å². The lowest BCUT2D eigenvalue weighted by Crippen LogP contribution is -2.16. The second-order valence-electron chi connectivity index (χ2n) is 3.43. The maximum Gasteiger partial charge on any atom is 0.0845 e. The van der Waals surface area contributed by atoms with E-state index in [2.05, 4.69) is 30.1 Å². The molecule has 2 N–H and O–H groups in total. The molecule has 0 amide bonds. The number of thioether (sulfide) groups is 2. The highest BCUT2D eigenvalue weighted by Gasteiger charge is 2.14. The Hall–Kier alpha value is -0.450. The molecule has 1 heterocycles. The first-order valence-corrected chi connectivity index (χ1v) is 6.82. The fraction of sp³-hybridized carbons (Fsp3) is 0.364. The standard InChI is InChI=1S/C11H14N2S2/c1-8(6-12)15-11-7-14-10-5-3-2-4-9(10)13-11/h2-5,8H,6-7,12H2,1H3.